The number of nitrogens with one attached hydrogen (secondary N) is 1. The van der Waals surface area contributed by atoms with Crippen molar-refractivity contribution in [2.24, 2.45) is 0 Å². The second-order valence-corrected chi connectivity index (χ2v) is 5.42. The molecule has 0 heterocycles. The molecule has 0 saturated heterocycles. The van der Waals surface area contributed by atoms with Crippen LogP contribution in [0.1, 0.15) is 6.92 Å². The Bertz CT molecular complexity index is 645. The number of carbonyl (C=O) groups is 1. The molecule has 0 saturated carbocycles. The number of rotatable bonds is 5. The van der Waals surface area contributed by atoms with Crippen molar-refractivity contribution in [3.05, 3.63) is 34.1 Å². The van der Waals surface area contributed by atoms with Gasteiger partial charge < -0.3 is 4.74 Å². The molecule has 0 aliphatic rings. The lowest BCUT2D eigenvalue weighted by Crippen LogP contribution is -2.39. The normalized spacial score (nSPS) is 12.8. The second-order valence-electron chi connectivity index (χ2n) is 3.74. The molecule has 1 unspecified atom stereocenters. The van der Waals surface area contributed by atoms with Gasteiger partial charge >= 0.3 is 5.97 Å². The minimum absolute atomic E-state index is 0.571. The van der Waals surface area contributed by atoms with Crippen molar-refractivity contribution in [2.75, 3.05) is 7.11 Å². The van der Waals surface area contributed by atoms with E-state index >= 15 is 0 Å². The first-order valence-electron chi connectivity index (χ1n) is 5.23. The highest BCUT2D eigenvalue weighted by molar-refractivity contribution is 7.89. The summed E-state index contributed by atoms with van der Waals surface area (Å²) in [4.78, 5) is 19.9. The molecule has 0 aliphatic carbocycles. The number of ether oxygens (including phenoxy) is 1. The molecule has 0 aromatic heterocycles. The van der Waals surface area contributed by atoms with E-state index in [1.165, 1.54) is 6.92 Å². The lowest BCUT2D eigenvalue weighted by atomic mass is 10.3. The Morgan fingerprint density at radius 2 is 2.10 bits per heavy atom. The number of nitro groups is 1. The molecule has 0 bridgehead atoms. The fraction of sp³-hybridized carbons (Fsp3) is 0.300. The smallest absolute Gasteiger partial charge is 0.323 e. The zero-order valence-electron chi connectivity index (χ0n) is 10.5. The summed E-state index contributed by atoms with van der Waals surface area (Å²) in [5, 5.41) is 10.6. The van der Waals surface area contributed by atoms with Crippen LogP contribution in [0, 0.1) is 15.9 Å². The van der Waals surface area contributed by atoms with Gasteiger partial charge in [0.2, 0.25) is 10.0 Å². The fourth-order valence-corrected chi connectivity index (χ4v) is 2.62. The molecule has 0 radical (unpaired) electrons. The van der Waals surface area contributed by atoms with Gasteiger partial charge in [-0.15, -0.1) is 0 Å². The van der Waals surface area contributed by atoms with Crippen LogP contribution in [0.2, 0.25) is 0 Å². The number of nitro benzene ring substituents is 1. The van der Waals surface area contributed by atoms with Gasteiger partial charge in [-0.25, -0.2) is 12.8 Å². The van der Waals surface area contributed by atoms with Crippen LogP contribution in [-0.4, -0.2) is 32.5 Å². The fourth-order valence-electron chi connectivity index (χ4n) is 1.33. The molecule has 1 aromatic rings. The van der Waals surface area contributed by atoms with Crippen molar-refractivity contribution >= 4 is 21.7 Å². The molecule has 0 amide bonds. The molecule has 1 rings (SSSR count). The third-order valence-corrected chi connectivity index (χ3v) is 3.86. The summed E-state index contributed by atoms with van der Waals surface area (Å²) in [5.74, 6) is -2.04. The zero-order chi connectivity index (χ0) is 15.5. The average Bonchev–Trinajstić information content (AvgIpc) is 2.37. The number of sulfonamides is 1. The van der Waals surface area contributed by atoms with E-state index in [4.69, 9.17) is 0 Å². The Kier molecular flexibility index (Phi) is 4.73. The maximum absolute atomic E-state index is 13.5. The van der Waals surface area contributed by atoms with Gasteiger partial charge in [0.15, 0.2) is 0 Å². The number of carbonyl (C=O) groups excluding carboxylic acids is 1. The molecule has 10 heteroatoms. The predicted molar refractivity (Wildman–Crippen MR) is 64.9 cm³/mol. The van der Waals surface area contributed by atoms with Crippen LogP contribution >= 0.6 is 0 Å². The van der Waals surface area contributed by atoms with Crippen LogP contribution in [0.25, 0.3) is 0 Å². The number of non-ortho nitro benzene ring substituents is 1. The predicted octanol–water partition coefficient (Wildman–Crippen LogP) is 0.574. The molecular formula is C10H11FN2O6S. The van der Waals surface area contributed by atoms with Crippen molar-refractivity contribution in [3.8, 4) is 0 Å². The summed E-state index contributed by atoms with van der Waals surface area (Å²) in [5.41, 5.74) is -0.586. The summed E-state index contributed by atoms with van der Waals surface area (Å²) >= 11 is 0. The first-order chi connectivity index (χ1) is 9.19. The quantitative estimate of drug-likeness (QED) is 0.483. The topological polar surface area (TPSA) is 116 Å². The maximum atomic E-state index is 13.5. The van der Waals surface area contributed by atoms with E-state index in [2.05, 4.69) is 4.74 Å². The van der Waals surface area contributed by atoms with E-state index in [9.17, 15) is 27.7 Å². The van der Waals surface area contributed by atoms with E-state index in [-0.39, 0.29) is 0 Å². The minimum atomic E-state index is -4.43. The summed E-state index contributed by atoms with van der Waals surface area (Å²) < 4.78 is 43.4. The Hall–Kier alpha value is -2.07. The summed E-state index contributed by atoms with van der Waals surface area (Å²) in [6, 6.07) is 0.804. The van der Waals surface area contributed by atoms with Crippen molar-refractivity contribution in [3.63, 3.8) is 0 Å². The van der Waals surface area contributed by atoms with Crippen LogP contribution in [0.4, 0.5) is 10.1 Å². The van der Waals surface area contributed by atoms with Crippen molar-refractivity contribution < 1.29 is 27.3 Å². The van der Waals surface area contributed by atoms with Gasteiger partial charge in [0.25, 0.3) is 5.69 Å². The monoisotopic (exact) mass is 306 g/mol. The molecular weight excluding hydrogens is 295 g/mol. The first-order valence-corrected chi connectivity index (χ1v) is 6.71. The molecule has 1 atom stereocenters. The Labute approximate surface area is 113 Å². The zero-order valence-corrected chi connectivity index (χ0v) is 11.3. The summed E-state index contributed by atoms with van der Waals surface area (Å²) in [7, 11) is -3.37. The number of esters is 1. The highest BCUT2D eigenvalue weighted by atomic mass is 32.2. The molecule has 8 nitrogen and oxygen atoms in total. The minimum Gasteiger partial charge on any atom is -0.468 e. The number of benzene rings is 1. The van der Waals surface area contributed by atoms with Crippen molar-refractivity contribution in [2.45, 2.75) is 17.9 Å². The van der Waals surface area contributed by atoms with Gasteiger partial charge in [-0.05, 0) is 13.0 Å². The first kappa shape index (κ1) is 16.0. The van der Waals surface area contributed by atoms with Gasteiger partial charge in [0, 0.05) is 12.1 Å². The largest absolute Gasteiger partial charge is 0.468 e. The van der Waals surface area contributed by atoms with Crippen LogP contribution in [-0.2, 0) is 19.6 Å². The van der Waals surface area contributed by atoms with E-state index in [1.54, 1.807) is 0 Å². The van der Waals surface area contributed by atoms with Crippen LogP contribution < -0.4 is 4.72 Å². The summed E-state index contributed by atoms with van der Waals surface area (Å²) in [6.45, 7) is 1.19. The van der Waals surface area contributed by atoms with Crippen molar-refractivity contribution in [1.29, 1.82) is 0 Å². The SMILES string of the molecule is COC(=O)C(C)NS(=O)(=O)c1cc([N+](=O)[O-])ccc1F. The molecule has 1 aromatic carbocycles. The molecule has 0 fully saturated rings. The van der Waals surface area contributed by atoms with Crippen LogP contribution in [0.5, 0.6) is 0 Å². The van der Waals surface area contributed by atoms with E-state index in [1.807, 2.05) is 4.72 Å². The third kappa shape index (κ3) is 3.48. The van der Waals surface area contributed by atoms with Gasteiger partial charge in [0.05, 0.1) is 12.0 Å². The molecule has 0 aliphatic heterocycles. The van der Waals surface area contributed by atoms with Gasteiger partial charge in [-0.3, -0.25) is 14.9 Å². The maximum Gasteiger partial charge on any atom is 0.323 e. The molecule has 0 spiro atoms. The number of halogens is 1. The molecule has 1 N–H and O–H groups in total. The summed E-state index contributed by atoms with van der Waals surface area (Å²) in [6.07, 6.45) is 0. The second kappa shape index (κ2) is 5.92. The highest BCUT2D eigenvalue weighted by Crippen LogP contribution is 2.21. The van der Waals surface area contributed by atoms with Crippen LogP contribution in [0.15, 0.2) is 23.1 Å². The highest BCUT2D eigenvalue weighted by Gasteiger charge is 2.27. The van der Waals surface area contributed by atoms with Gasteiger partial charge in [0.1, 0.15) is 16.8 Å². The Balaban J connectivity index is 3.18. The number of nitrogens with zero attached hydrogens (tertiary/aromatic N) is 1. The number of hydrogen-bond acceptors (Lipinski definition) is 6. The van der Waals surface area contributed by atoms with E-state index in [0.29, 0.717) is 12.1 Å². The van der Waals surface area contributed by atoms with E-state index in [0.717, 1.165) is 13.2 Å². The van der Waals surface area contributed by atoms with Crippen molar-refractivity contribution in [1.82, 2.24) is 4.72 Å². The van der Waals surface area contributed by atoms with Gasteiger partial charge in [-0.2, -0.15) is 4.72 Å². The van der Waals surface area contributed by atoms with Crippen LogP contribution in [0.3, 0.4) is 0 Å². The van der Waals surface area contributed by atoms with Gasteiger partial charge in [-0.1, -0.05) is 0 Å². The standard InChI is InChI=1S/C10H11FN2O6S/c1-6(10(14)19-2)12-20(17,18)9-5-7(13(15)16)3-4-8(9)11/h3-6,12H,1-2H3. The number of methoxy groups -OCH3 is 1. The average molecular weight is 306 g/mol. The lowest BCUT2D eigenvalue weighted by molar-refractivity contribution is -0.385. The Morgan fingerprint density at radius 3 is 2.60 bits per heavy atom. The lowest BCUT2D eigenvalue weighted by Gasteiger charge is -2.12. The molecule has 20 heavy (non-hydrogen) atoms. The Morgan fingerprint density at radius 1 is 1.50 bits per heavy atom. The third-order valence-electron chi connectivity index (χ3n) is 2.30. The number of hydrogen-bond donors (Lipinski definition) is 1. The molecule has 110 valence electrons. The van der Waals surface area contributed by atoms with E-state index < -0.39 is 43.4 Å².